The molecule has 0 saturated heterocycles. The maximum atomic E-state index is 13.7. The van der Waals surface area contributed by atoms with E-state index >= 15 is 0 Å². The molecule has 29 heavy (non-hydrogen) atoms. The number of amides is 1. The normalized spacial score (nSPS) is 10.8. The van der Waals surface area contributed by atoms with Crippen LogP contribution in [-0.4, -0.2) is 20.4 Å². The van der Waals surface area contributed by atoms with E-state index in [1.54, 1.807) is 11.3 Å². The summed E-state index contributed by atoms with van der Waals surface area (Å²) in [6, 6.07) is 6.66. The fourth-order valence-electron chi connectivity index (χ4n) is 2.58. The molecule has 0 saturated carbocycles. The van der Waals surface area contributed by atoms with Crippen LogP contribution in [0.2, 0.25) is 0 Å². The molecule has 0 aliphatic carbocycles. The molecule has 0 aliphatic rings. The van der Waals surface area contributed by atoms with Gasteiger partial charge in [0.05, 0.1) is 28.1 Å². The van der Waals surface area contributed by atoms with Crippen molar-refractivity contribution in [1.29, 1.82) is 0 Å². The first-order chi connectivity index (χ1) is 14.0. The minimum atomic E-state index is -0.901. The number of halogens is 2. The summed E-state index contributed by atoms with van der Waals surface area (Å²) in [6.07, 6.45) is 2.62. The Morgan fingerprint density at radius 3 is 2.83 bits per heavy atom. The summed E-state index contributed by atoms with van der Waals surface area (Å²) in [6.45, 7) is -0.375. The summed E-state index contributed by atoms with van der Waals surface area (Å²) >= 11 is 2.85. The topological polar surface area (TPSA) is 76.9 Å². The van der Waals surface area contributed by atoms with Gasteiger partial charge in [-0.3, -0.25) is 14.2 Å². The standard InChI is InChI=1S/C19H12F2N4O2S2/c20-11-3-4-14(13(21)6-11)23-17(26)8-25-10-22-7-12(19(25)27)18-24-15(9-29-18)16-2-1-5-28-16/h1-7,9-10H,8H2,(H,23,26). The minimum Gasteiger partial charge on any atom is -0.322 e. The number of aromatic nitrogens is 3. The van der Waals surface area contributed by atoms with Crippen molar-refractivity contribution in [3.05, 3.63) is 75.6 Å². The van der Waals surface area contributed by atoms with Crippen LogP contribution < -0.4 is 10.9 Å². The molecule has 3 heterocycles. The fraction of sp³-hybridized carbons (Fsp3) is 0.0526. The van der Waals surface area contributed by atoms with E-state index in [9.17, 15) is 18.4 Å². The summed E-state index contributed by atoms with van der Waals surface area (Å²) in [4.78, 5) is 34.4. The molecule has 1 amide bonds. The van der Waals surface area contributed by atoms with Crippen molar-refractivity contribution in [2.45, 2.75) is 6.54 Å². The number of thiophene rings is 1. The molecule has 0 radical (unpaired) electrons. The summed E-state index contributed by atoms with van der Waals surface area (Å²) in [5.74, 6) is -2.30. The van der Waals surface area contributed by atoms with E-state index in [1.165, 1.54) is 23.9 Å². The quantitative estimate of drug-likeness (QED) is 0.519. The van der Waals surface area contributed by atoms with Crippen LogP contribution in [-0.2, 0) is 11.3 Å². The smallest absolute Gasteiger partial charge is 0.264 e. The average Bonchev–Trinajstić information content (AvgIpc) is 3.37. The lowest BCUT2D eigenvalue weighted by atomic mass is 10.3. The Morgan fingerprint density at radius 1 is 1.21 bits per heavy atom. The molecule has 4 aromatic rings. The predicted octanol–water partition coefficient (Wildman–Crippen LogP) is 4.01. The van der Waals surface area contributed by atoms with Gasteiger partial charge < -0.3 is 5.32 Å². The molecule has 3 aromatic heterocycles. The van der Waals surface area contributed by atoms with Crippen molar-refractivity contribution < 1.29 is 13.6 Å². The minimum absolute atomic E-state index is 0.172. The van der Waals surface area contributed by atoms with E-state index in [0.29, 0.717) is 11.1 Å². The Balaban J connectivity index is 1.55. The first-order valence-electron chi connectivity index (χ1n) is 8.30. The van der Waals surface area contributed by atoms with Crippen molar-refractivity contribution in [1.82, 2.24) is 14.5 Å². The monoisotopic (exact) mass is 430 g/mol. The molecule has 0 spiro atoms. The molecule has 10 heteroatoms. The second kappa shape index (κ2) is 8.02. The Kier molecular flexibility index (Phi) is 5.28. The number of hydrogen-bond acceptors (Lipinski definition) is 6. The number of rotatable bonds is 5. The van der Waals surface area contributed by atoms with Gasteiger partial charge >= 0.3 is 0 Å². The Labute approximate surface area is 171 Å². The largest absolute Gasteiger partial charge is 0.322 e. The van der Waals surface area contributed by atoms with Crippen LogP contribution in [0.5, 0.6) is 0 Å². The SMILES string of the molecule is O=C(Cn1cncc(-c2nc(-c3cccs3)cs2)c1=O)Nc1ccc(F)cc1F. The number of carbonyl (C=O) groups is 1. The maximum absolute atomic E-state index is 13.7. The molecule has 0 unspecified atom stereocenters. The molecule has 146 valence electrons. The van der Waals surface area contributed by atoms with Gasteiger partial charge in [-0.25, -0.2) is 18.7 Å². The van der Waals surface area contributed by atoms with E-state index in [4.69, 9.17) is 0 Å². The van der Waals surface area contributed by atoms with Crippen LogP contribution in [0, 0.1) is 11.6 Å². The molecule has 4 rings (SSSR count). The molecule has 1 N–H and O–H groups in total. The third-order valence-electron chi connectivity index (χ3n) is 3.93. The van der Waals surface area contributed by atoms with Gasteiger partial charge in [0.15, 0.2) is 0 Å². The van der Waals surface area contributed by atoms with Crippen molar-refractivity contribution in [3.63, 3.8) is 0 Å². The van der Waals surface area contributed by atoms with E-state index < -0.39 is 23.1 Å². The summed E-state index contributed by atoms with van der Waals surface area (Å²) in [5, 5.41) is 6.59. The Bertz CT molecular complexity index is 1240. The number of nitrogens with one attached hydrogen (secondary N) is 1. The van der Waals surface area contributed by atoms with Gasteiger partial charge in [0.1, 0.15) is 23.2 Å². The van der Waals surface area contributed by atoms with Gasteiger partial charge in [0.25, 0.3) is 5.56 Å². The van der Waals surface area contributed by atoms with Gasteiger partial charge in [0, 0.05) is 17.6 Å². The highest BCUT2D eigenvalue weighted by molar-refractivity contribution is 7.15. The molecular formula is C19H12F2N4O2S2. The first kappa shape index (κ1) is 19.1. The zero-order valence-electron chi connectivity index (χ0n) is 14.6. The fourth-order valence-corrected chi connectivity index (χ4v) is 4.16. The van der Waals surface area contributed by atoms with Crippen LogP contribution in [0.4, 0.5) is 14.5 Å². The zero-order chi connectivity index (χ0) is 20.4. The van der Waals surface area contributed by atoms with Crippen molar-refractivity contribution >= 4 is 34.3 Å². The first-order valence-corrected chi connectivity index (χ1v) is 10.1. The van der Waals surface area contributed by atoms with Crippen LogP contribution in [0.3, 0.4) is 0 Å². The summed E-state index contributed by atoms with van der Waals surface area (Å²) in [5.41, 5.74) is 0.413. The zero-order valence-corrected chi connectivity index (χ0v) is 16.3. The van der Waals surface area contributed by atoms with Crippen LogP contribution >= 0.6 is 22.7 Å². The van der Waals surface area contributed by atoms with Crippen molar-refractivity contribution in [2.24, 2.45) is 0 Å². The number of anilines is 1. The second-order valence-electron chi connectivity index (χ2n) is 5.93. The lowest BCUT2D eigenvalue weighted by Gasteiger charge is -2.08. The molecule has 0 bridgehead atoms. The molecule has 1 aromatic carbocycles. The Morgan fingerprint density at radius 2 is 2.07 bits per heavy atom. The molecular weight excluding hydrogens is 418 g/mol. The van der Waals surface area contributed by atoms with Gasteiger partial charge in [-0.05, 0) is 23.6 Å². The molecule has 6 nitrogen and oxygen atoms in total. The number of carbonyl (C=O) groups excluding carboxylic acids is 1. The third kappa shape index (κ3) is 4.13. The maximum Gasteiger partial charge on any atom is 0.264 e. The van der Waals surface area contributed by atoms with E-state index in [1.807, 2.05) is 22.9 Å². The van der Waals surface area contributed by atoms with Gasteiger partial charge in [-0.1, -0.05) is 6.07 Å². The van der Waals surface area contributed by atoms with Crippen LogP contribution in [0.1, 0.15) is 0 Å². The number of nitrogens with zero attached hydrogens (tertiary/aromatic N) is 3. The van der Waals surface area contributed by atoms with Crippen molar-refractivity contribution in [2.75, 3.05) is 5.32 Å². The van der Waals surface area contributed by atoms with E-state index in [0.717, 1.165) is 27.3 Å². The van der Waals surface area contributed by atoms with Crippen molar-refractivity contribution in [3.8, 4) is 21.1 Å². The molecule has 0 atom stereocenters. The highest BCUT2D eigenvalue weighted by Gasteiger charge is 2.15. The lowest BCUT2D eigenvalue weighted by Crippen LogP contribution is -2.28. The number of hydrogen-bond donors (Lipinski definition) is 1. The lowest BCUT2D eigenvalue weighted by molar-refractivity contribution is -0.116. The number of benzene rings is 1. The Hall–Kier alpha value is -3.24. The van der Waals surface area contributed by atoms with E-state index in [-0.39, 0.29) is 17.8 Å². The summed E-state index contributed by atoms with van der Waals surface area (Å²) < 4.78 is 27.8. The third-order valence-corrected chi connectivity index (χ3v) is 5.70. The second-order valence-corrected chi connectivity index (χ2v) is 7.73. The van der Waals surface area contributed by atoms with Gasteiger partial charge in [-0.15, -0.1) is 22.7 Å². The highest BCUT2D eigenvalue weighted by atomic mass is 32.1. The molecule has 0 fully saturated rings. The van der Waals surface area contributed by atoms with Gasteiger partial charge in [-0.2, -0.15) is 0 Å². The summed E-state index contributed by atoms with van der Waals surface area (Å²) in [7, 11) is 0. The van der Waals surface area contributed by atoms with Crippen LogP contribution in [0.15, 0.2) is 58.4 Å². The van der Waals surface area contributed by atoms with Crippen LogP contribution in [0.25, 0.3) is 21.1 Å². The van der Waals surface area contributed by atoms with Gasteiger partial charge in [0.2, 0.25) is 5.91 Å². The molecule has 0 aliphatic heterocycles. The number of thiazole rings is 1. The highest BCUT2D eigenvalue weighted by Crippen LogP contribution is 2.29. The predicted molar refractivity (Wildman–Crippen MR) is 108 cm³/mol. The average molecular weight is 430 g/mol. The van der Waals surface area contributed by atoms with E-state index in [2.05, 4.69) is 15.3 Å².